The molecule has 0 aliphatic heterocycles. The lowest BCUT2D eigenvalue weighted by Gasteiger charge is -2.02. The number of benzene rings is 2. The van der Waals surface area contributed by atoms with Gasteiger partial charge in [-0.3, -0.25) is 4.79 Å². The molecule has 2 rings (SSSR count). The van der Waals surface area contributed by atoms with Gasteiger partial charge in [0.25, 0.3) is 0 Å². The SMILES string of the molecule is O=C(C=Cc1ccc(Cl)cc1)c1cc(F)c(Cl)cc1Cl. The Hall–Kier alpha value is -1.35. The van der Waals surface area contributed by atoms with E-state index in [9.17, 15) is 9.18 Å². The minimum atomic E-state index is -0.681. The van der Waals surface area contributed by atoms with Gasteiger partial charge in [-0.2, -0.15) is 0 Å². The number of halogens is 4. The fourth-order valence-corrected chi connectivity index (χ4v) is 2.15. The molecule has 0 aromatic heterocycles. The van der Waals surface area contributed by atoms with Gasteiger partial charge in [0.15, 0.2) is 5.78 Å². The van der Waals surface area contributed by atoms with Crippen LogP contribution in [0.2, 0.25) is 15.1 Å². The maximum Gasteiger partial charge on any atom is 0.187 e. The van der Waals surface area contributed by atoms with E-state index >= 15 is 0 Å². The molecule has 2 aromatic carbocycles. The van der Waals surface area contributed by atoms with Crippen LogP contribution in [0, 0.1) is 5.82 Å². The third kappa shape index (κ3) is 3.60. The summed E-state index contributed by atoms with van der Waals surface area (Å²) in [5.74, 6) is -1.08. The molecule has 0 unspecified atom stereocenters. The van der Waals surface area contributed by atoms with Crippen LogP contribution in [0.1, 0.15) is 15.9 Å². The molecular formula is C15H8Cl3FO. The van der Waals surface area contributed by atoms with E-state index in [4.69, 9.17) is 34.8 Å². The second-order valence-electron chi connectivity index (χ2n) is 4.00. The van der Waals surface area contributed by atoms with Crippen molar-refractivity contribution in [3.8, 4) is 0 Å². The van der Waals surface area contributed by atoms with E-state index in [1.807, 2.05) is 0 Å². The summed E-state index contributed by atoms with van der Waals surface area (Å²) in [5, 5.41) is 0.603. The van der Waals surface area contributed by atoms with Crippen LogP contribution < -0.4 is 0 Å². The van der Waals surface area contributed by atoms with E-state index in [0.717, 1.165) is 11.6 Å². The Morgan fingerprint density at radius 2 is 1.65 bits per heavy atom. The van der Waals surface area contributed by atoms with Crippen molar-refractivity contribution in [2.24, 2.45) is 0 Å². The molecule has 0 fully saturated rings. The van der Waals surface area contributed by atoms with E-state index in [0.29, 0.717) is 5.02 Å². The molecule has 0 spiro atoms. The molecule has 0 atom stereocenters. The topological polar surface area (TPSA) is 17.1 Å². The Kier molecular flexibility index (Phi) is 4.81. The van der Waals surface area contributed by atoms with Crippen LogP contribution in [0.4, 0.5) is 4.39 Å². The fourth-order valence-electron chi connectivity index (χ4n) is 1.55. The number of rotatable bonds is 3. The Balaban J connectivity index is 2.24. The first-order chi connectivity index (χ1) is 9.47. The van der Waals surface area contributed by atoms with Crippen molar-refractivity contribution < 1.29 is 9.18 Å². The minimum absolute atomic E-state index is 0.0683. The van der Waals surface area contributed by atoms with Crippen molar-refractivity contribution in [2.45, 2.75) is 0 Å². The zero-order chi connectivity index (χ0) is 14.7. The highest BCUT2D eigenvalue weighted by molar-refractivity contribution is 6.37. The molecule has 2 aromatic rings. The molecule has 0 radical (unpaired) electrons. The highest BCUT2D eigenvalue weighted by atomic mass is 35.5. The Morgan fingerprint density at radius 1 is 1.00 bits per heavy atom. The number of ketones is 1. The predicted molar refractivity (Wildman–Crippen MR) is 81.2 cm³/mol. The zero-order valence-corrected chi connectivity index (χ0v) is 12.3. The number of allylic oxidation sites excluding steroid dienone is 1. The van der Waals surface area contributed by atoms with Crippen molar-refractivity contribution in [3.05, 3.63) is 74.5 Å². The van der Waals surface area contributed by atoms with Crippen LogP contribution in [-0.4, -0.2) is 5.78 Å². The quantitative estimate of drug-likeness (QED) is 0.402. The normalized spacial score (nSPS) is 11.0. The van der Waals surface area contributed by atoms with Gasteiger partial charge in [0.05, 0.1) is 10.0 Å². The molecule has 0 aliphatic rings. The van der Waals surface area contributed by atoms with E-state index in [-0.39, 0.29) is 15.6 Å². The van der Waals surface area contributed by atoms with Crippen LogP contribution in [-0.2, 0) is 0 Å². The average molecular weight is 330 g/mol. The molecular weight excluding hydrogens is 322 g/mol. The Morgan fingerprint density at radius 3 is 2.30 bits per heavy atom. The lowest BCUT2D eigenvalue weighted by molar-refractivity contribution is 0.104. The minimum Gasteiger partial charge on any atom is -0.289 e. The van der Waals surface area contributed by atoms with Crippen LogP contribution in [0.15, 0.2) is 42.5 Å². The largest absolute Gasteiger partial charge is 0.289 e. The Labute approximate surface area is 130 Å². The monoisotopic (exact) mass is 328 g/mol. The smallest absolute Gasteiger partial charge is 0.187 e. The average Bonchev–Trinajstić information content (AvgIpc) is 2.42. The number of carbonyl (C=O) groups excluding carboxylic acids is 1. The van der Waals surface area contributed by atoms with Gasteiger partial charge in [0, 0.05) is 10.6 Å². The van der Waals surface area contributed by atoms with Gasteiger partial charge in [0.1, 0.15) is 5.82 Å². The van der Waals surface area contributed by atoms with E-state index in [2.05, 4.69) is 0 Å². The lowest BCUT2D eigenvalue weighted by atomic mass is 10.1. The third-order valence-electron chi connectivity index (χ3n) is 2.57. The number of carbonyl (C=O) groups is 1. The molecule has 102 valence electrons. The third-order valence-corrected chi connectivity index (χ3v) is 3.43. The molecule has 0 saturated carbocycles. The van der Waals surface area contributed by atoms with Gasteiger partial charge >= 0.3 is 0 Å². The van der Waals surface area contributed by atoms with Crippen LogP contribution >= 0.6 is 34.8 Å². The van der Waals surface area contributed by atoms with E-state index < -0.39 is 11.6 Å². The summed E-state index contributed by atoms with van der Waals surface area (Å²) in [4.78, 5) is 12.0. The molecule has 20 heavy (non-hydrogen) atoms. The fraction of sp³-hybridized carbons (Fsp3) is 0. The molecule has 1 nitrogen and oxygen atoms in total. The highest BCUT2D eigenvalue weighted by Crippen LogP contribution is 2.25. The van der Waals surface area contributed by atoms with Gasteiger partial charge in [-0.1, -0.05) is 53.0 Å². The highest BCUT2D eigenvalue weighted by Gasteiger charge is 2.11. The Bertz CT molecular complexity index is 678. The van der Waals surface area contributed by atoms with Crippen molar-refractivity contribution in [1.29, 1.82) is 0 Å². The van der Waals surface area contributed by atoms with Gasteiger partial charge in [-0.15, -0.1) is 0 Å². The van der Waals surface area contributed by atoms with Gasteiger partial charge in [0.2, 0.25) is 0 Å². The molecule has 0 bridgehead atoms. The van der Waals surface area contributed by atoms with Crippen LogP contribution in [0.25, 0.3) is 6.08 Å². The predicted octanol–water partition coefficient (Wildman–Crippen LogP) is 5.68. The van der Waals surface area contributed by atoms with E-state index in [1.54, 1.807) is 30.3 Å². The maximum absolute atomic E-state index is 13.3. The summed E-state index contributed by atoms with van der Waals surface area (Å²) < 4.78 is 13.3. The van der Waals surface area contributed by atoms with Crippen molar-refractivity contribution in [1.82, 2.24) is 0 Å². The van der Waals surface area contributed by atoms with Gasteiger partial charge in [-0.05, 0) is 35.9 Å². The molecule has 0 amide bonds. The molecule has 0 saturated heterocycles. The maximum atomic E-state index is 13.3. The zero-order valence-electron chi connectivity index (χ0n) is 10.0. The van der Waals surface area contributed by atoms with Crippen LogP contribution in [0.5, 0.6) is 0 Å². The van der Waals surface area contributed by atoms with Crippen molar-refractivity contribution in [2.75, 3.05) is 0 Å². The molecule has 0 N–H and O–H groups in total. The first kappa shape index (κ1) is 15.0. The molecule has 0 aliphatic carbocycles. The second-order valence-corrected chi connectivity index (χ2v) is 5.25. The molecule has 0 heterocycles. The van der Waals surface area contributed by atoms with Crippen molar-refractivity contribution in [3.63, 3.8) is 0 Å². The molecule has 5 heteroatoms. The summed E-state index contributed by atoms with van der Waals surface area (Å²) in [6.45, 7) is 0. The summed E-state index contributed by atoms with van der Waals surface area (Å²) in [7, 11) is 0. The van der Waals surface area contributed by atoms with Gasteiger partial charge < -0.3 is 0 Å². The first-order valence-electron chi connectivity index (χ1n) is 5.60. The van der Waals surface area contributed by atoms with Crippen molar-refractivity contribution >= 4 is 46.7 Å². The summed E-state index contributed by atoms with van der Waals surface area (Å²) in [6, 6.07) is 9.18. The summed E-state index contributed by atoms with van der Waals surface area (Å²) >= 11 is 17.2. The standard InChI is InChI=1S/C15H8Cl3FO/c16-10-4-1-9(2-5-10)3-6-15(20)11-7-14(19)13(18)8-12(11)17/h1-8H. The number of hydrogen-bond acceptors (Lipinski definition) is 1. The van der Waals surface area contributed by atoms with Crippen LogP contribution in [0.3, 0.4) is 0 Å². The van der Waals surface area contributed by atoms with Gasteiger partial charge in [-0.25, -0.2) is 4.39 Å². The summed E-state index contributed by atoms with van der Waals surface area (Å²) in [5.41, 5.74) is 0.868. The lowest BCUT2D eigenvalue weighted by Crippen LogP contribution is -1.97. The second kappa shape index (κ2) is 6.40. The van der Waals surface area contributed by atoms with E-state index in [1.165, 1.54) is 12.1 Å². The number of hydrogen-bond donors (Lipinski definition) is 0. The first-order valence-corrected chi connectivity index (χ1v) is 6.73. The summed E-state index contributed by atoms with van der Waals surface area (Å²) in [6.07, 6.45) is 2.92.